The summed E-state index contributed by atoms with van der Waals surface area (Å²) >= 11 is 1.53. The number of hydrogen-bond donors (Lipinski definition) is 2. The van der Waals surface area contributed by atoms with E-state index in [2.05, 4.69) is 27.7 Å². The predicted molar refractivity (Wildman–Crippen MR) is 112 cm³/mol. The topological polar surface area (TPSA) is 61.4 Å². The molecule has 1 unspecified atom stereocenters. The lowest BCUT2D eigenvalue weighted by molar-refractivity contribution is -0.121. The zero-order chi connectivity index (χ0) is 19.3. The molecule has 1 fully saturated rings. The van der Waals surface area contributed by atoms with Crippen LogP contribution >= 0.6 is 11.8 Å². The highest BCUT2D eigenvalue weighted by Gasteiger charge is 2.21. The number of thioether (sulfide) groups is 1. The highest BCUT2D eigenvalue weighted by atomic mass is 32.2. The Labute approximate surface area is 169 Å². The first-order valence-corrected chi connectivity index (χ1v) is 10.8. The van der Waals surface area contributed by atoms with Crippen LogP contribution < -0.4 is 10.6 Å². The highest BCUT2D eigenvalue weighted by Crippen LogP contribution is 2.32. The van der Waals surface area contributed by atoms with Gasteiger partial charge in [-0.2, -0.15) is 0 Å². The lowest BCUT2D eigenvalue weighted by Crippen LogP contribution is -2.37. The number of hydrogen-bond acceptors (Lipinski definition) is 4. The number of carbonyl (C=O) groups is 2. The van der Waals surface area contributed by atoms with Gasteiger partial charge < -0.3 is 15.5 Å². The van der Waals surface area contributed by atoms with Gasteiger partial charge in [0, 0.05) is 11.4 Å². The summed E-state index contributed by atoms with van der Waals surface area (Å²) in [6.45, 7) is 3.04. The lowest BCUT2D eigenvalue weighted by atomic mass is 10.1. The van der Waals surface area contributed by atoms with Crippen molar-refractivity contribution in [2.45, 2.75) is 30.2 Å². The van der Waals surface area contributed by atoms with Crippen LogP contribution in [0.1, 0.15) is 30.0 Å². The van der Waals surface area contributed by atoms with Crippen LogP contribution in [-0.4, -0.2) is 42.1 Å². The second-order valence-corrected chi connectivity index (χ2v) is 8.40. The van der Waals surface area contributed by atoms with E-state index in [1.165, 1.54) is 24.6 Å². The number of anilines is 1. The van der Waals surface area contributed by atoms with Gasteiger partial charge >= 0.3 is 0 Å². The van der Waals surface area contributed by atoms with Gasteiger partial charge in [0.2, 0.25) is 11.8 Å². The Balaban J connectivity index is 1.44. The van der Waals surface area contributed by atoms with Gasteiger partial charge in [-0.3, -0.25) is 9.59 Å². The maximum Gasteiger partial charge on any atom is 0.234 e. The van der Waals surface area contributed by atoms with Crippen LogP contribution in [0.5, 0.6) is 0 Å². The van der Waals surface area contributed by atoms with Gasteiger partial charge in [-0.1, -0.05) is 36.4 Å². The SMILES string of the molecule is O=C1CSc2ccc(CC(=O)NC(CN3CCCC3)c3ccccc3)cc2N1. The van der Waals surface area contributed by atoms with Gasteiger partial charge in [-0.05, 0) is 49.2 Å². The largest absolute Gasteiger partial charge is 0.348 e. The minimum Gasteiger partial charge on any atom is -0.348 e. The molecule has 0 spiro atoms. The summed E-state index contributed by atoms with van der Waals surface area (Å²) < 4.78 is 0. The molecule has 0 saturated carbocycles. The molecule has 1 atom stereocenters. The van der Waals surface area contributed by atoms with Gasteiger partial charge in [-0.15, -0.1) is 11.8 Å². The maximum atomic E-state index is 12.8. The first-order chi connectivity index (χ1) is 13.7. The maximum absolute atomic E-state index is 12.8. The summed E-state index contributed by atoms with van der Waals surface area (Å²) in [6.07, 6.45) is 2.76. The molecule has 2 aliphatic heterocycles. The van der Waals surface area contributed by atoms with E-state index in [0.717, 1.165) is 41.3 Å². The second-order valence-electron chi connectivity index (χ2n) is 7.38. The number of fused-ring (bicyclic) bond motifs is 1. The fourth-order valence-electron chi connectivity index (χ4n) is 3.81. The highest BCUT2D eigenvalue weighted by molar-refractivity contribution is 8.00. The van der Waals surface area contributed by atoms with Gasteiger partial charge in [0.1, 0.15) is 0 Å². The van der Waals surface area contributed by atoms with Gasteiger partial charge in [-0.25, -0.2) is 0 Å². The molecule has 0 aliphatic carbocycles. The zero-order valence-electron chi connectivity index (χ0n) is 15.8. The summed E-state index contributed by atoms with van der Waals surface area (Å²) in [5.74, 6) is 0.457. The van der Waals surface area contributed by atoms with Crippen molar-refractivity contribution in [3.8, 4) is 0 Å². The van der Waals surface area contributed by atoms with Gasteiger partial charge in [0.15, 0.2) is 0 Å². The van der Waals surface area contributed by atoms with Crippen molar-refractivity contribution in [1.29, 1.82) is 0 Å². The Morgan fingerprint density at radius 1 is 1.14 bits per heavy atom. The summed E-state index contributed by atoms with van der Waals surface area (Å²) in [5.41, 5.74) is 2.85. The van der Waals surface area contributed by atoms with Crippen LogP contribution in [0.4, 0.5) is 5.69 Å². The molecule has 146 valence electrons. The van der Waals surface area contributed by atoms with Crippen molar-refractivity contribution in [3.63, 3.8) is 0 Å². The van der Waals surface area contributed by atoms with Gasteiger partial charge in [0.05, 0.1) is 23.9 Å². The van der Waals surface area contributed by atoms with Crippen LogP contribution in [0, 0.1) is 0 Å². The summed E-state index contributed by atoms with van der Waals surface area (Å²) in [5, 5.41) is 6.11. The summed E-state index contributed by atoms with van der Waals surface area (Å²) in [4.78, 5) is 27.9. The molecule has 6 heteroatoms. The Morgan fingerprint density at radius 3 is 2.71 bits per heavy atom. The molecule has 1 saturated heterocycles. The van der Waals surface area contributed by atoms with E-state index in [1.807, 2.05) is 36.4 Å². The number of amides is 2. The minimum absolute atomic E-state index is 0.00258. The van der Waals surface area contributed by atoms with Crippen LogP contribution in [0.25, 0.3) is 0 Å². The molecule has 0 aromatic heterocycles. The average Bonchev–Trinajstić information content (AvgIpc) is 3.21. The van der Waals surface area contributed by atoms with Crippen LogP contribution in [0.15, 0.2) is 53.4 Å². The molecule has 5 nitrogen and oxygen atoms in total. The van der Waals surface area contributed by atoms with Crippen LogP contribution in [-0.2, 0) is 16.0 Å². The fourth-order valence-corrected chi connectivity index (χ4v) is 4.60. The Hall–Kier alpha value is -2.31. The number of nitrogens with one attached hydrogen (secondary N) is 2. The van der Waals surface area contributed by atoms with Crippen molar-refractivity contribution in [3.05, 3.63) is 59.7 Å². The van der Waals surface area contributed by atoms with E-state index in [1.54, 1.807) is 0 Å². The fraction of sp³-hybridized carbons (Fsp3) is 0.364. The Kier molecular flexibility index (Phi) is 5.98. The average molecular weight is 396 g/mol. The van der Waals surface area contributed by atoms with Crippen molar-refractivity contribution in [2.24, 2.45) is 0 Å². The molecule has 2 aliphatic rings. The molecule has 0 bridgehead atoms. The number of carbonyl (C=O) groups excluding carboxylic acids is 2. The zero-order valence-corrected chi connectivity index (χ0v) is 16.6. The molecule has 2 aromatic rings. The Morgan fingerprint density at radius 2 is 1.93 bits per heavy atom. The normalized spacial score (nSPS) is 17.6. The quantitative estimate of drug-likeness (QED) is 0.788. The van der Waals surface area contributed by atoms with E-state index in [0.29, 0.717) is 12.2 Å². The third kappa shape index (κ3) is 4.75. The smallest absolute Gasteiger partial charge is 0.234 e. The third-order valence-corrected chi connectivity index (χ3v) is 6.29. The van der Waals surface area contributed by atoms with E-state index < -0.39 is 0 Å². The van der Waals surface area contributed by atoms with Crippen molar-refractivity contribution < 1.29 is 9.59 Å². The molecule has 28 heavy (non-hydrogen) atoms. The molecule has 4 rings (SSSR count). The van der Waals surface area contributed by atoms with E-state index in [4.69, 9.17) is 0 Å². The number of nitrogens with zero attached hydrogens (tertiary/aromatic N) is 1. The molecule has 0 radical (unpaired) electrons. The Bertz CT molecular complexity index is 850. The molecular weight excluding hydrogens is 370 g/mol. The van der Waals surface area contributed by atoms with Crippen molar-refractivity contribution >= 4 is 29.3 Å². The molecule has 2 N–H and O–H groups in total. The predicted octanol–water partition coefficient (Wildman–Crippen LogP) is 3.23. The second kappa shape index (κ2) is 8.80. The van der Waals surface area contributed by atoms with Gasteiger partial charge in [0.25, 0.3) is 0 Å². The monoisotopic (exact) mass is 395 g/mol. The molecule has 2 amide bonds. The number of likely N-dealkylation sites (tertiary alicyclic amines) is 1. The number of benzene rings is 2. The first kappa shape index (κ1) is 19.0. The van der Waals surface area contributed by atoms with E-state index in [-0.39, 0.29) is 17.9 Å². The first-order valence-electron chi connectivity index (χ1n) is 9.79. The standard InChI is InChI=1S/C22H25N3O2S/c26-21(13-16-8-9-20-18(12-16)23-22(27)15-28-20)24-19(14-25-10-4-5-11-25)17-6-2-1-3-7-17/h1-3,6-9,12,19H,4-5,10-11,13-15H2,(H,23,27)(H,24,26). The third-order valence-electron chi connectivity index (χ3n) is 5.22. The lowest BCUT2D eigenvalue weighted by Gasteiger charge is -2.25. The van der Waals surface area contributed by atoms with Crippen LogP contribution in [0.2, 0.25) is 0 Å². The minimum atomic E-state index is -0.0142. The number of rotatable bonds is 6. The molecular formula is C22H25N3O2S. The van der Waals surface area contributed by atoms with E-state index >= 15 is 0 Å². The van der Waals surface area contributed by atoms with E-state index in [9.17, 15) is 9.59 Å². The summed E-state index contributed by atoms with van der Waals surface area (Å²) in [6, 6.07) is 16.0. The van der Waals surface area contributed by atoms with Crippen molar-refractivity contribution in [1.82, 2.24) is 10.2 Å². The van der Waals surface area contributed by atoms with Crippen LogP contribution in [0.3, 0.4) is 0 Å². The summed E-state index contributed by atoms with van der Waals surface area (Å²) in [7, 11) is 0. The molecule has 2 aromatic carbocycles. The molecule has 2 heterocycles. The van der Waals surface area contributed by atoms with Crippen molar-refractivity contribution in [2.75, 3.05) is 30.7 Å².